The molecule has 0 aliphatic rings. The van der Waals surface area contributed by atoms with Gasteiger partial charge in [0.15, 0.2) is 6.29 Å². The van der Waals surface area contributed by atoms with Crippen LogP contribution in [0.2, 0.25) is 0 Å². The molecule has 0 spiro atoms. The van der Waals surface area contributed by atoms with Gasteiger partial charge in [0.05, 0.1) is 40.3 Å². The van der Waals surface area contributed by atoms with Crippen molar-refractivity contribution in [3.63, 3.8) is 0 Å². The van der Waals surface area contributed by atoms with E-state index in [0.29, 0.717) is 17.4 Å². The van der Waals surface area contributed by atoms with Crippen molar-refractivity contribution < 1.29 is 38.5 Å². The van der Waals surface area contributed by atoms with Gasteiger partial charge >= 0.3 is 5.97 Å². The molecule has 2 atom stereocenters. The second-order valence-corrected chi connectivity index (χ2v) is 17.9. The fourth-order valence-corrected chi connectivity index (χ4v) is 7.00. The van der Waals surface area contributed by atoms with E-state index in [0.717, 1.165) is 44.9 Å². The maximum Gasteiger partial charge on any atom is 0.305 e. The molecule has 0 heterocycles. The Morgan fingerprint density at radius 1 is 0.517 bits per heavy atom. The lowest BCUT2D eigenvalue weighted by Crippen LogP contribution is -2.44. The predicted molar refractivity (Wildman–Crippen MR) is 251 cm³/mol. The Bertz CT molecular complexity index is 1060. The lowest BCUT2D eigenvalue weighted by molar-refractivity contribution is -0.870. The molecule has 0 aliphatic heterocycles. The molecule has 0 bridgehead atoms. The van der Waals surface area contributed by atoms with Crippen molar-refractivity contribution in [1.29, 1.82) is 0 Å². The molecule has 1 N–H and O–H groups in total. The number of hydrogen-bond donors (Lipinski definition) is 1. The number of rotatable bonds is 46. The zero-order chi connectivity index (χ0) is 44.0. The van der Waals surface area contributed by atoms with Gasteiger partial charge in [0.2, 0.25) is 0 Å². The van der Waals surface area contributed by atoms with E-state index in [2.05, 4.69) is 55.5 Å². The fraction of sp³-hybridized carbons (Fsp3) is 0.808. The Labute approximate surface area is 370 Å². The van der Waals surface area contributed by atoms with Crippen molar-refractivity contribution in [2.45, 2.75) is 225 Å². The van der Waals surface area contributed by atoms with Gasteiger partial charge in [0, 0.05) is 6.42 Å². The second-order valence-electron chi connectivity index (χ2n) is 17.9. The average molecular weight is 846 g/mol. The van der Waals surface area contributed by atoms with E-state index in [1.807, 2.05) is 21.1 Å². The average Bonchev–Trinajstić information content (AvgIpc) is 3.21. The highest BCUT2D eigenvalue weighted by molar-refractivity contribution is 5.69. The predicted octanol–water partition coefficient (Wildman–Crippen LogP) is 12.4. The molecule has 0 aliphatic carbocycles. The summed E-state index contributed by atoms with van der Waals surface area (Å²) in [7, 11) is 5.88. The third kappa shape index (κ3) is 46.8. The van der Waals surface area contributed by atoms with Gasteiger partial charge in [-0.05, 0) is 44.9 Å². The molecular formula is C52H95NO7. The summed E-state index contributed by atoms with van der Waals surface area (Å²) in [6.07, 6.45) is 56.1. The van der Waals surface area contributed by atoms with Crippen molar-refractivity contribution in [2.75, 3.05) is 47.5 Å². The Kier molecular flexibility index (Phi) is 43.1. The molecule has 0 rings (SSSR count). The summed E-state index contributed by atoms with van der Waals surface area (Å²) in [6.45, 7) is 2.37. The molecule has 0 aromatic carbocycles. The highest BCUT2D eigenvalue weighted by Crippen LogP contribution is 2.16. The lowest BCUT2D eigenvalue weighted by Gasteiger charge is -2.26. The van der Waals surface area contributed by atoms with Crippen molar-refractivity contribution in [3.8, 4) is 0 Å². The van der Waals surface area contributed by atoms with E-state index in [4.69, 9.17) is 14.2 Å². The Morgan fingerprint density at radius 2 is 0.883 bits per heavy atom. The molecule has 350 valence electrons. The van der Waals surface area contributed by atoms with Crippen LogP contribution in [0.3, 0.4) is 0 Å². The van der Waals surface area contributed by atoms with E-state index >= 15 is 0 Å². The van der Waals surface area contributed by atoms with E-state index < -0.39 is 18.4 Å². The number of ether oxygens (including phenoxy) is 3. The van der Waals surface area contributed by atoms with Gasteiger partial charge in [0.25, 0.3) is 0 Å². The van der Waals surface area contributed by atoms with Crippen LogP contribution in [0.1, 0.15) is 212 Å². The number of nitrogens with zero attached hydrogens (tertiary/aromatic N) is 1. The van der Waals surface area contributed by atoms with Crippen LogP contribution in [0.15, 0.2) is 48.6 Å². The van der Waals surface area contributed by atoms with Crippen LogP contribution in [0.5, 0.6) is 0 Å². The molecule has 0 radical (unpaired) electrons. The summed E-state index contributed by atoms with van der Waals surface area (Å²) in [5.41, 5.74) is 0. The third-order valence-corrected chi connectivity index (χ3v) is 10.8. The van der Waals surface area contributed by atoms with Crippen LogP contribution < -0.4 is 5.11 Å². The highest BCUT2D eigenvalue weighted by Gasteiger charge is 2.17. The molecule has 2 unspecified atom stereocenters. The van der Waals surface area contributed by atoms with Gasteiger partial charge in [-0.1, -0.05) is 210 Å². The summed E-state index contributed by atoms with van der Waals surface area (Å²) in [6, 6.07) is 0. The summed E-state index contributed by atoms with van der Waals surface area (Å²) >= 11 is 0. The van der Waals surface area contributed by atoms with Crippen molar-refractivity contribution in [3.05, 3.63) is 48.6 Å². The van der Waals surface area contributed by atoms with Crippen molar-refractivity contribution in [2.24, 2.45) is 0 Å². The maximum absolute atomic E-state index is 12.0. The lowest BCUT2D eigenvalue weighted by atomic mass is 10.0. The first-order valence-corrected chi connectivity index (χ1v) is 24.8. The molecule has 0 aromatic rings. The quantitative estimate of drug-likeness (QED) is 0.0214. The first-order chi connectivity index (χ1) is 29.2. The number of likely N-dealkylation sites (N-methyl/N-ethyl adjacent to an activating group) is 1. The smallest absolute Gasteiger partial charge is 0.305 e. The standard InChI is InChI=1S/C52H95NO7/c1-5-6-7-8-9-10-11-12-13-14-15-16-17-18-19-20-21-22-23-24-25-26-27-28-29-30-31-32-33-34-35-36-37-38-39-40-41-42-43-44-50(55)59-47-49(54)48-60-52(51(56)57)58-46-45-53(2,3)4/h6-7,9-10,12-13,15-16,49,52,54H,5,8,11,14,17-48H2,1-4H3/b7-6-,10-9-,13-12-,16-15-. The third-order valence-electron chi connectivity index (χ3n) is 10.8. The minimum Gasteiger partial charge on any atom is -0.545 e. The monoisotopic (exact) mass is 846 g/mol. The number of hydrogen-bond acceptors (Lipinski definition) is 7. The number of carbonyl (C=O) groups is 2. The van der Waals surface area contributed by atoms with Crippen LogP contribution >= 0.6 is 0 Å². The summed E-state index contributed by atoms with van der Waals surface area (Å²) in [5, 5.41) is 21.2. The first kappa shape index (κ1) is 57.7. The largest absolute Gasteiger partial charge is 0.545 e. The summed E-state index contributed by atoms with van der Waals surface area (Å²) in [4.78, 5) is 23.2. The number of unbranched alkanes of at least 4 members (excludes halogenated alkanes) is 26. The van der Waals surface area contributed by atoms with E-state index in [1.54, 1.807) is 0 Å². The minimum atomic E-state index is -1.57. The minimum absolute atomic E-state index is 0.171. The maximum atomic E-state index is 12.0. The number of aliphatic hydroxyl groups excluding tert-OH is 1. The number of carboxylic acid groups (broad SMARTS) is 1. The SMILES string of the molecule is CC/C=C\C/C=C\C/C=C\C/C=C\CCCCCCCCCCCCCCCCCCCCCCCCCCCCC(=O)OCC(O)COC(OCC[N+](C)(C)C)C(=O)[O-]. The molecule has 60 heavy (non-hydrogen) atoms. The van der Waals surface area contributed by atoms with E-state index in [1.165, 1.54) is 154 Å². The number of aliphatic hydroxyl groups is 1. The van der Waals surface area contributed by atoms with E-state index in [-0.39, 0.29) is 25.8 Å². The van der Waals surface area contributed by atoms with E-state index in [9.17, 15) is 19.8 Å². The Balaban J connectivity index is 3.35. The van der Waals surface area contributed by atoms with Gasteiger partial charge in [-0.15, -0.1) is 0 Å². The molecule has 0 saturated heterocycles. The zero-order valence-electron chi connectivity index (χ0n) is 39.6. The highest BCUT2D eigenvalue weighted by atomic mass is 16.7. The first-order valence-electron chi connectivity index (χ1n) is 24.8. The van der Waals surface area contributed by atoms with Crippen LogP contribution in [-0.4, -0.2) is 81.4 Å². The Hall–Kier alpha value is -2.26. The van der Waals surface area contributed by atoms with Crippen LogP contribution in [0.4, 0.5) is 0 Å². The van der Waals surface area contributed by atoms with Gasteiger partial charge < -0.3 is 33.7 Å². The number of carboxylic acids is 1. The van der Waals surface area contributed by atoms with Crippen molar-refractivity contribution >= 4 is 11.9 Å². The molecular weight excluding hydrogens is 751 g/mol. The van der Waals surface area contributed by atoms with Gasteiger partial charge in [-0.2, -0.15) is 0 Å². The van der Waals surface area contributed by atoms with Crippen LogP contribution in [-0.2, 0) is 23.8 Å². The zero-order valence-corrected chi connectivity index (χ0v) is 39.6. The second kappa shape index (κ2) is 44.8. The number of quaternary nitrogens is 1. The fourth-order valence-electron chi connectivity index (χ4n) is 7.00. The van der Waals surface area contributed by atoms with Crippen LogP contribution in [0, 0.1) is 0 Å². The van der Waals surface area contributed by atoms with Gasteiger partial charge in [0.1, 0.15) is 19.3 Å². The van der Waals surface area contributed by atoms with Gasteiger partial charge in [-0.25, -0.2) is 0 Å². The topological polar surface area (TPSA) is 105 Å². The van der Waals surface area contributed by atoms with Crippen molar-refractivity contribution in [1.82, 2.24) is 0 Å². The molecule has 0 aromatic heterocycles. The number of allylic oxidation sites excluding steroid dienone is 8. The summed E-state index contributed by atoms with van der Waals surface area (Å²) in [5.74, 6) is -1.86. The molecule has 0 amide bonds. The molecule has 0 fully saturated rings. The number of carbonyl (C=O) groups excluding carboxylic acids is 2. The molecule has 8 nitrogen and oxygen atoms in total. The Morgan fingerprint density at radius 3 is 1.27 bits per heavy atom. The summed E-state index contributed by atoms with van der Waals surface area (Å²) < 4.78 is 16.0. The van der Waals surface area contributed by atoms with Gasteiger partial charge in [-0.3, -0.25) is 4.79 Å². The molecule has 8 heteroatoms. The normalized spacial score (nSPS) is 13.4. The van der Waals surface area contributed by atoms with Crippen LogP contribution in [0.25, 0.3) is 0 Å². The molecule has 0 saturated carbocycles. The number of aliphatic carboxylic acids is 1. The number of esters is 1.